The number of oxime groups is 1. The van der Waals surface area contributed by atoms with Crippen LogP contribution >= 0.6 is 0 Å². The zero-order valence-corrected chi connectivity index (χ0v) is 9.32. The van der Waals surface area contributed by atoms with Gasteiger partial charge in [-0.3, -0.25) is 0 Å². The summed E-state index contributed by atoms with van der Waals surface area (Å²) in [6.07, 6.45) is 1.54. The van der Waals surface area contributed by atoms with Gasteiger partial charge in [-0.05, 0) is 34.0 Å². The second-order valence-corrected chi connectivity index (χ2v) is 3.71. The summed E-state index contributed by atoms with van der Waals surface area (Å²) in [6, 6.07) is 0.527. The number of nitrogens with two attached hydrogens (primary N) is 1. The Bertz CT molecular complexity index is 170. The van der Waals surface area contributed by atoms with Crippen LogP contribution in [-0.2, 0) is 0 Å². The fourth-order valence-corrected chi connectivity index (χ4v) is 0.938. The molecular weight excluding hydrogens is 180 g/mol. The van der Waals surface area contributed by atoms with Gasteiger partial charge in [0.1, 0.15) is 5.84 Å². The molecule has 0 amide bonds. The Hall–Kier alpha value is -0.810. The van der Waals surface area contributed by atoms with E-state index in [1.165, 1.54) is 0 Å². The maximum atomic E-state index is 8.29. The van der Waals surface area contributed by atoms with Crippen LogP contribution in [0.4, 0.5) is 0 Å². The minimum Gasteiger partial charge on any atom is -0.409 e. The third kappa shape index (κ3) is 6.68. The third-order valence-corrected chi connectivity index (χ3v) is 2.24. The summed E-state index contributed by atoms with van der Waals surface area (Å²) in [6.45, 7) is 4.02. The van der Waals surface area contributed by atoms with Crippen molar-refractivity contribution in [3.8, 4) is 0 Å². The van der Waals surface area contributed by atoms with Crippen molar-refractivity contribution < 1.29 is 5.21 Å². The summed E-state index contributed by atoms with van der Waals surface area (Å²) in [5.41, 5.74) is 5.33. The fraction of sp³-hybridized carbons (Fsp3) is 0.889. The minimum atomic E-state index is 0.299. The first-order valence-corrected chi connectivity index (χ1v) is 4.91. The predicted molar refractivity (Wildman–Crippen MR) is 58.7 cm³/mol. The highest BCUT2D eigenvalue weighted by molar-refractivity contribution is 5.79. The number of hydrogen-bond acceptors (Lipinski definition) is 4. The molecule has 0 saturated heterocycles. The molecule has 5 heteroatoms. The molecule has 0 spiro atoms. The third-order valence-electron chi connectivity index (χ3n) is 2.24. The molecule has 0 bridgehead atoms. The first-order valence-electron chi connectivity index (χ1n) is 4.91. The molecule has 0 aromatic carbocycles. The van der Waals surface area contributed by atoms with Gasteiger partial charge in [-0.15, -0.1) is 0 Å². The zero-order chi connectivity index (χ0) is 11.0. The fourth-order valence-electron chi connectivity index (χ4n) is 0.938. The van der Waals surface area contributed by atoms with Crippen LogP contribution in [0.5, 0.6) is 0 Å². The van der Waals surface area contributed by atoms with Crippen LogP contribution in [-0.4, -0.2) is 49.2 Å². The molecule has 0 fully saturated rings. The van der Waals surface area contributed by atoms with Gasteiger partial charge < -0.3 is 21.2 Å². The van der Waals surface area contributed by atoms with Gasteiger partial charge in [0.2, 0.25) is 0 Å². The molecule has 14 heavy (non-hydrogen) atoms. The number of amidine groups is 1. The largest absolute Gasteiger partial charge is 0.409 e. The van der Waals surface area contributed by atoms with Crippen molar-refractivity contribution in [3.05, 3.63) is 0 Å². The molecule has 5 nitrogen and oxygen atoms in total. The summed E-state index contributed by atoms with van der Waals surface area (Å²) in [5.74, 6) is 0.299. The monoisotopic (exact) mass is 202 g/mol. The van der Waals surface area contributed by atoms with Crippen molar-refractivity contribution in [3.63, 3.8) is 0 Å². The summed E-state index contributed by atoms with van der Waals surface area (Å²) < 4.78 is 0. The number of nitrogens with zero attached hydrogens (tertiary/aromatic N) is 2. The van der Waals surface area contributed by atoms with E-state index in [4.69, 9.17) is 10.9 Å². The molecular formula is C9H22N4O. The molecule has 4 N–H and O–H groups in total. The van der Waals surface area contributed by atoms with Crippen LogP contribution in [0, 0.1) is 0 Å². The first-order chi connectivity index (χ1) is 6.57. The minimum absolute atomic E-state index is 0.299. The van der Waals surface area contributed by atoms with Crippen molar-refractivity contribution in [2.75, 3.05) is 27.2 Å². The Morgan fingerprint density at radius 3 is 2.71 bits per heavy atom. The van der Waals surface area contributed by atoms with Crippen LogP contribution < -0.4 is 11.1 Å². The summed E-state index contributed by atoms with van der Waals surface area (Å²) >= 11 is 0. The van der Waals surface area contributed by atoms with Gasteiger partial charge in [0, 0.05) is 19.0 Å². The maximum Gasteiger partial charge on any atom is 0.139 e. The van der Waals surface area contributed by atoms with Gasteiger partial charge in [-0.1, -0.05) is 5.16 Å². The highest BCUT2D eigenvalue weighted by Crippen LogP contribution is 1.90. The highest BCUT2D eigenvalue weighted by Gasteiger charge is 2.02. The van der Waals surface area contributed by atoms with E-state index in [-0.39, 0.29) is 0 Å². The summed E-state index contributed by atoms with van der Waals surface area (Å²) in [7, 11) is 4.12. The van der Waals surface area contributed by atoms with Crippen LogP contribution in [0.15, 0.2) is 5.16 Å². The van der Waals surface area contributed by atoms with Crippen LogP contribution in [0.25, 0.3) is 0 Å². The molecule has 0 aromatic heterocycles. The summed E-state index contributed by atoms with van der Waals surface area (Å²) in [4.78, 5) is 2.16. The van der Waals surface area contributed by atoms with Gasteiger partial charge in [-0.2, -0.15) is 0 Å². The lowest BCUT2D eigenvalue weighted by Crippen LogP contribution is -2.35. The zero-order valence-electron chi connectivity index (χ0n) is 9.32. The molecule has 84 valence electrons. The molecule has 0 radical (unpaired) electrons. The van der Waals surface area contributed by atoms with Crippen LogP contribution in [0.3, 0.4) is 0 Å². The second kappa shape index (κ2) is 7.58. The van der Waals surface area contributed by atoms with E-state index >= 15 is 0 Å². The van der Waals surface area contributed by atoms with E-state index in [1.807, 2.05) is 0 Å². The Kier molecular flexibility index (Phi) is 7.14. The Balaban J connectivity index is 3.30. The number of likely N-dealkylation sites (N-methyl/N-ethyl adjacent to an activating group) is 1. The molecule has 0 aromatic rings. The summed E-state index contributed by atoms with van der Waals surface area (Å²) in [5, 5.41) is 14.5. The standard InChI is InChI=1S/C9H22N4O/c1-8(13(2)3)7-11-6-4-5-9(10)12-14/h8,11,14H,4-7H2,1-3H3,(H2,10,12). The lowest BCUT2D eigenvalue weighted by molar-refractivity contribution is 0.302. The lowest BCUT2D eigenvalue weighted by Gasteiger charge is -2.19. The van der Waals surface area contributed by atoms with Crippen molar-refractivity contribution in [2.45, 2.75) is 25.8 Å². The predicted octanol–water partition coefficient (Wildman–Crippen LogP) is 0.0527. The first kappa shape index (κ1) is 13.2. The average molecular weight is 202 g/mol. The van der Waals surface area contributed by atoms with Gasteiger partial charge in [0.25, 0.3) is 0 Å². The van der Waals surface area contributed by atoms with Gasteiger partial charge in [0.05, 0.1) is 0 Å². The van der Waals surface area contributed by atoms with Gasteiger partial charge >= 0.3 is 0 Å². The van der Waals surface area contributed by atoms with E-state index in [1.54, 1.807) is 0 Å². The molecule has 0 aliphatic heterocycles. The van der Waals surface area contributed by atoms with Gasteiger partial charge in [-0.25, -0.2) is 0 Å². The topological polar surface area (TPSA) is 73.9 Å². The highest BCUT2D eigenvalue weighted by atomic mass is 16.4. The van der Waals surface area contributed by atoms with Crippen molar-refractivity contribution >= 4 is 5.84 Å². The molecule has 1 unspecified atom stereocenters. The molecule has 1 atom stereocenters. The maximum absolute atomic E-state index is 8.29. The Morgan fingerprint density at radius 1 is 1.57 bits per heavy atom. The van der Waals surface area contributed by atoms with Gasteiger partial charge in [0.15, 0.2) is 0 Å². The molecule has 0 aliphatic rings. The number of rotatable bonds is 7. The molecule has 0 heterocycles. The van der Waals surface area contributed by atoms with E-state index in [9.17, 15) is 0 Å². The molecule has 0 saturated carbocycles. The Morgan fingerprint density at radius 2 is 2.21 bits per heavy atom. The average Bonchev–Trinajstić information content (AvgIpc) is 2.16. The van der Waals surface area contributed by atoms with E-state index in [0.717, 1.165) is 19.5 Å². The Labute approximate surface area is 86.0 Å². The van der Waals surface area contributed by atoms with Crippen molar-refractivity contribution in [1.29, 1.82) is 0 Å². The van der Waals surface area contributed by atoms with E-state index < -0.39 is 0 Å². The quantitative estimate of drug-likeness (QED) is 0.179. The normalized spacial score (nSPS) is 14.7. The lowest BCUT2D eigenvalue weighted by atomic mass is 10.2. The van der Waals surface area contributed by atoms with E-state index in [2.05, 4.69) is 36.4 Å². The second-order valence-electron chi connectivity index (χ2n) is 3.71. The van der Waals surface area contributed by atoms with Crippen LogP contribution in [0.2, 0.25) is 0 Å². The molecule has 0 aliphatic carbocycles. The number of hydrogen-bond donors (Lipinski definition) is 3. The van der Waals surface area contributed by atoms with E-state index in [0.29, 0.717) is 18.3 Å². The van der Waals surface area contributed by atoms with Crippen molar-refractivity contribution in [2.24, 2.45) is 10.9 Å². The SMILES string of the molecule is CC(CNCCCC(N)=NO)N(C)C. The van der Waals surface area contributed by atoms with Crippen molar-refractivity contribution in [1.82, 2.24) is 10.2 Å². The molecule has 0 rings (SSSR count). The smallest absolute Gasteiger partial charge is 0.139 e. The van der Waals surface area contributed by atoms with Crippen LogP contribution in [0.1, 0.15) is 19.8 Å². The number of nitrogens with one attached hydrogen (secondary N) is 1.